The molecule has 4 heteroatoms. The Bertz CT molecular complexity index is 508. The minimum atomic E-state index is -0.825. The molecule has 4 nitrogen and oxygen atoms in total. The molecule has 1 amide bonds. The Labute approximate surface area is 131 Å². The van der Waals surface area contributed by atoms with Gasteiger partial charge in [0.05, 0.1) is 11.8 Å². The SMILES string of the molecule is O=C(O)[C@@H]1[C@H](C(=O)NCCC2=CCCCC2)[C@@H]2C=C[C@H]1CC2. The van der Waals surface area contributed by atoms with Crippen molar-refractivity contribution in [3.63, 3.8) is 0 Å². The summed E-state index contributed by atoms with van der Waals surface area (Å²) in [7, 11) is 0. The van der Waals surface area contributed by atoms with Gasteiger partial charge in [-0.2, -0.15) is 0 Å². The standard InChI is InChI=1S/C18H25NO3/c20-17(19-11-10-12-4-2-1-3-5-12)15-13-6-8-14(9-7-13)16(15)18(21)22/h4,6,8,13-16H,1-3,5,7,9-11H2,(H,19,20)(H,21,22)/t13-,14+,15-,16+/m1/s1. The Balaban J connectivity index is 1.57. The molecule has 0 aromatic heterocycles. The van der Waals surface area contributed by atoms with Gasteiger partial charge in [-0.1, -0.05) is 23.8 Å². The topological polar surface area (TPSA) is 66.4 Å². The van der Waals surface area contributed by atoms with E-state index in [-0.39, 0.29) is 23.7 Å². The third-order valence-electron chi connectivity index (χ3n) is 5.47. The lowest BCUT2D eigenvalue weighted by Gasteiger charge is -2.41. The smallest absolute Gasteiger partial charge is 0.307 e. The molecule has 0 unspecified atom stereocenters. The number of aliphatic carboxylic acids is 1. The number of allylic oxidation sites excluding steroid dienone is 3. The number of carbonyl (C=O) groups excluding carboxylic acids is 1. The number of carboxylic acids is 1. The molecule has 4 aliphatic carbocycles. The van der Waals surface area contributed by atoms with Crippen LogP contribution >= 0.6 is 0 Å². The molecule has 120 valence electrons. The van der Waals surface area contributed by atoms with Gasteiger partial charge >= 0.3 is 5.97 Å². The van der Waals surface area contributed by atoms with Gasteiger partial charge in [0.2, 0.25) is 5.91 Å². The van der Waals surface area contributed by atoms with Gasteiger partial charge in [0, 0.05) is 6.54 Å². The summed E-state index contributed by atoms with van der Waals surface area (Å²) in [4.78, 5) is 24.1. The summed E-state index contributed by atoms with van der Waals surface area (Å²) in [6, 6.07) is 0. The lowest BCUT2D eigenvalue weighted by molar-refractivity contribution is -0.152. The van der Waals surface area contributed by atoms with E-state index in [1.807, 2.05) is 6.08 Å². The number of carbonyl (C=O) groups is 2. The first-order valence-electron chi connectivity index (χ1n) is 8.53. The van der Waals surface area contributed by atoms with E-state index in [0.717, 1.165) is 32.1 Å². The fraction of sp³-hybridized carbons (Fsp3) is 0.667. The zero-order valence-electron chi connectivity index (χ0n) is 13.0. The van der Waals surface area contributed by atoms with Crippen LogP contribution in [0.15, 0.2) is 23.8 Å². The van der Waals surface area contributed by atoms with Crippen molar-refractivity contribution in [2.24, 2.45) is 23.7 Å². The van der Waals surface area contributed by atoms with Crippen molar-refractivity contribution < 1.29 is 14.7 Å². The molecule has 0 spiro atoms. The predicted octanol–water partition coefficient (Wildman–Crippen LogP) is 2.91. The van der Waals surface area contributed by atoms with Gasteiger partial charge in [0.15, 0.2) is 0 Å². The van der Waals surface area contributed by atoms with E-state index >= 15 is 0 Å². The van der Waals surface area contributed by atoms with Gasteiger partial charge in [-0.3, -0.25) is 9.59 Å². The molecule has 0 saturated heterocycles. The lowest BCUT2D eigenvalue weighted by Crippen LogP contribution is -2.49. The van der Waals surface area contributed by atoms with Crippen molar-refractivity contribution in [2.75, 3.05) is 6.54 Å². The van der Waals surface area contributed by atoms with Gasteiger partial charge < -0.3 is 10.4 Å². The van der Waals surface area contributed by atoms with Gasteiger partial charge in [-0.05, 0) is 56.8 Å². The average molecular weight is 303 g/mol. The maximum absolute atomic E-state index is 12.5. The minimum Gasteiger partial charge on any atom is -0.481 e. The molecule has 4 atom stereocenters. The normalized spacial score (nSPS) is 33.4. The van der Waals surface area contributed by atoms with Crippen LogP contribution in [0.3, 0.4) is 0 Å². The molecular formula is C18H25NO3. The van der Waals surface area contributed by atoms with Crippen LogP contribution in [0.1, 0.15) is 44.9 Å². The summed E-state index contributed by atoms with van der Waals surface area (Å²) in [6.07, 6.45) is 13.9. The predicted molar refractivity (Wildman–Crippen MR) is 84.1 cm³/mol. The third-order valence-corrected chi connectivity index (χ3v) is 5.47. The Morgan fingerprint density at radius 3 is 2.45 bits per heavy atom. The van der Waals surface area contributed by atoms with Gasteiger partial charge in [-0.15, -0.1) is 0 Å². The highest BCUT2D eigenvalue weighted by atomic mass is 16.4. The van der Waals surface area contributed by atoms with Crippen molar-refractivity contribution >= 4 is 11.9 Å². The Kier molecular flexibility index (Phi) is 4.65. The van der Waals surface area contributed by atoms with E-state index in [0.29, 0.717) is 6.54 Å². The summed E-state index contributed by atoms with van der Waals surface area (Å²) < 4.78 is 0. The maximum atomic E-state index is 12.5. The Hall–Kier alpha value is -1.58. The fourth-order valence-electron chi connectivity index (χ4n) is 4.28. The number of carboxylic acid groups (broad SMARTS) is 1. The van der Waals surface area contributed by atoms with Crippen LogP contribution in [0.25, 0.3) is 0 Å². The maximum Gasteiger partial charge on any atom is 0.307 e. The highest BCUT2D eigenvalue weighted by Crippen LogP contribution is 2.45. The zero-order valence-corrected chi connectivity index (χ0v) is 13.0. The number of nitrogens with one attached hydrogen (secondary N) is 1. The van der Waals surface area contributed by atoms with E-state index in [9.17, 15) is 14.7 Å². The van der Waals surface area contributed by atoms with Crippen LogP contribution in [-0.4, -0.2) is 23.5 Å². The molecule has 2 bridgehead atoms. The number of hydrogen-bond donors (Lipinski definition) is 2. The van der Waals surface area contributed by atoms with Crippen molar-refractivity contribution in [1.29, 1.82) is 0 Å². The van der Waals surface area contributed by atoms with Crippen LogP contribution in [-0.2, 0) is 9.59 Å². The van der Waals surface area contributed by atoms with E-state index in [1.165, 1.54) is 18.4 Å². The van der Waals surface area contributed by atoms with E-state index in [2.05, 4.69) is 17.5 Å². The van der Waals surface area contributed by atoms with E-state index in [1.54, 1.807) is 0 Å². The van der Waals surface area contributed by atoms with E-state index < -0.39 is 11.9 Å². The van der Waals surface area contributed by atoms with Crippen molar-refractivity contribution in [2.45, 2.75) is 44.9 Å². The van der Waals surface area contributed by atoms with Gasteiger partial charge in [0.25, 0.3) is 0 Å². The summed E-state index contributed by atoms with van der Waals surface area (Å²) in [6.45, 7) is 0.634. The van der Waals surface area contributed by atoms with Crippen LogP contribution in [0.2, 0.25) is 0 Å². The molecule has 2 N–H and O–H groups in total. The largest absolute Gasteiger partial charge is 0.481 e. The molecule has 4 aliphatic rings. The first kappa shape index (κ1) is 15.3. The number of hydrogen-bond acceptors (Lipinski definition) is 2. The second-order valence-corrected chi connectivity index (χ2v) is 6.83. The summed E-state index contributed by atoms with van der Waals surface area (Å²) >= 11 is 0. The Morgan fingerprint density at radius 1 is 1.14 bits per heavy atom. The molecule has 0 aliphatic heterocycles. The number of rotatable bonds is 5. The van der Waals surface area contributed by atoms with Crippen LogP contribution < -0.4 is 5.32 Å². The van der Waals surface area contributed by atoms with Crippen LogP contribution in [0, 0.1) is 23.7 Å². The van der Waals surface area contributed by atoms with Gasteiger partial charge in [-0.25, -0.2) is 0 Å². The quantitative estimate of drug-likeness (QED) is 0.767. The lowest BCUT2D eigenvalue weighted by atomic mass is 9.62. The van der Waals surface area contributed by atoms with Gasteiger partial charge in [0.1, 0.15) is 0 Å². The first-order valence-corrected chi connectivity index (χ1v) is 8.53. The monoisotopic (exact) mass is 303 g/mol. The zero-order chi connectivity index (χ0) is 15.5. The second kappa shape index (κ2) is 6.67. The van der Waals surface area contributed by atoms with Crippen LogP contribution in [0.5, 0.6) is 0 Å². The summed E-state index contributed by atoms with van der Waals surface area (Å²) in [5.41, 5.74) is 1.44. The Morgan fingerprint density at radius 2 is 1.86 bits per heavy atom. The second-order valence-electron chi connectivity index (χ2n) is 6.83. The molecule has 0 radical (unpaired) electrons. The minimum absolute atomic E-state index is 0.0271. The molecule has 0 aromatic carbocycles. The van der Waals surface area contributed by atoms with Crippen LogP contribution in [0.4, 0.5) is 0 Å². The van der Waals surface area contributed by atoms with Crippen molar-refractivity contribution in [3.8, 4) is 0 Å². The van der Waals surface area contributed by atoms with Crippen molar-refractivity contribution in [1.82, 2.24) is 5.32 Å². The first-order chi connectivity index (χ1) is 10.7. The third kappa shape index (κ3) is 3.11. The summed E-state index contributed by atoms with van der Waals surface area (Å²) in [5.74, 6) is -1.70. The molecule has 22 heavy (non-hydrogen) atoms. The number of amides is 1. The fourth-order valence-corrected chi connectivity index (χ4v) is 4.28. The molecule has 0 heterocycles. The number of fused-ring (bicyclic) bond motifs is 2. The highest BCUT2D eigenvalue weighted by molar-refractivity contribution is 5.86. The molecular weight excluding hydrogens is 278 g/mol. The molecule has 1 saturated carbocycles. The average Bonchev–Trinajstić information content (AvgIpc) is 2.55. The van der Waals surface area contributed by atoms with E-state index in [4.69, 9.17) is 0 Å². The molecule has 4 rings (SSSR count). The molecule has 1 fully saturated rings. The molecule has 0 aromatic rings. The summed E-state index contributed by atoms with van der Waals surface area (Å²) in [5, 5.41) is 12.5. The van der Waals surface area contributed by atoms with Crippen molar-refractivity contribution in [3.05, 3.63) is 23.8 Å². The highest BCUT2D eigenvalue weighted by Gasteiger charge is 2.47.